The lowest BCUT2D eigenvalue weighted by Gasteiger charge is -2.15. The number of anilines is 1. The van der Waals surface area contributed by atoms with Crippen LogP contribution in [0.2, 0.25) is 0 Å². The molecule has 1 fully saturated rings. The summed E-state index contributed by atoms with van der Waals surface area (Å²) in [5, 5.41) is 20.3. The highest BCUT2D eigenvalue weighted by molar-refractivity contribution is 5.95. The van der Waals surface area contributed by atoms with Crippen LogP contribution in [0.4, 0.5) is 5.69 Å². The number of aliphatic carboxylic acids is 1. The molecule has 1 aliphatic rings. The van der Waals surface area contributed by atoms with Gasteiger partial charge < -0.3 is 15.2 Å². The minimum atomic E-state index is -0.918. The number of nitriles is 1. The summed E-state index contributed by atoms with van der Waals surface area (Å²) in [7, 11) is 0. The molecule has 0 saturated heterocycles. The van der Waals surface area contributed by atoms with Gasteiger partial charge in [-0.2, -0.15) is 5.26 Å². The highest BCUT2D eigenvalue weighted by Gasteiger charge is 2.37. The monoisotopic (exact) mass is 288 g/mol. The van der Waals surface area contributed by atoms with E-state index in [4.69, 9.17) is 15.1 Å². The van der Waals surface area contributed by atoms with Crippen molar-refractivity contribution in [3.05, 3.63) is 24.3 Å². The van der Waals surface area contributed by atoms with E-state index in [1.807, 2.05) is 6.07 Å². The molecule has 110 valence electrons. The molecular formula is C15H16N2O4. The van der Waals surface area contributed by atoms with Crippen LogP contribution in [-0.2, 0) is 9.59 Å². The van der Waals surface area contributed by atoms with Gasteiger partial charge in [-0.1, -0.05) is 12.5 Å². The Morgan fingerprint density at radius 2 is 2.14 bits per heavy atom. The van der Waals surface area contributed by atoms with Gasteiger partial charge in [-0.15, -0.1) is 0 Å². The number of hydrogen-bond acceptors (Lipinski definition) is 4. The van der Waals surface area contributed by atoms with Crippen LogP contribution in [0.3, 0.4) is 0 Å². The maximum absolute atomic E-state index is 12.2. The van der Waals surface area contributed by atoms with Gasteiger partial charge >= 0.3 is 5.97 Å². The molecule has 2 rings (SSSR count). The maximum Gasteiger partial charge on any atom is 0.307 e. The average Bonchev–Trinajstić information content (AvgIpc) is 2.95. The van der Waals surface area contributed by atoms with Gasteiger partial charge in [0.15, 0.2) is 6.61 Å². The van der Waals surface area contributed by atoms with Crippen molar-refractivity contribution in [2.75, 3.05) is 11.9 Å². The van der Waals surface area contributed by atoms with Crippen molar-refractivity contribution in [1.29, 1.82) is 5.26 Å². The van der Waals surface area contributed by atoms with Crippen molar-refractivity contribution in [1.82, 2.24) is 0 Å². The third kappa shape index (κ3) is 3.72. The Labute approximate surface area is 122 Å². The molecule has 1 amide bonds. The normalized spacial score (nSPS) is 20.5. The molecule has 1 aliphatic carbocycles. The first-order valence-electron chi connectivity index (χ1n) is 6.75. The van der Waals surface area contributed by atoms with E-state index in [9.17, 15) is 9.59 Å². The van der Waals surface area contributed by atoms with Gasteiger partial charge in [0.1, 0.15) is 11.8 Å². The molecule has 6 nitrogen and oxygen atoms in total. The van der Waals surface area contributed by atoms with Gasteiger partial charge in [0.25, 0.3) is 0 Å². The zero-order valence-electron chi connectivity index (χ0n) is 11.4. The second-order valence-electron chi connectivity index (χ2n) is 4.95. The lowest BCUT2D eigenvalue weighted by Crippen LogP contribution is -2.29. The van der Waals surface area contributed by atoms with Crippen molar-refractivity contribution >= 4 is 17.6 Å². The van der Waals surface area contributed by atoms with Crippen LogP contribution in [0.5, 0.6) is 5.75 Å². The smallest absolute Gasteiger partial charge is 0.307 e. The number of nitrogens with one attached hydrogen (secondary N) is 1. The number of amides is 1. The molecular weight excluding hydrogens is 272 g/mol. The molecule has 6 heteroatoms. The zero-order chi connectivity index (χ0) is 15.2. The average molecular weight is 288 g/mol. The van der Waals surface area contributed by atoms with E-state index in [-0.39, 0.29) is 12.5 Å². The maximum atomic E-state index is 12.2. The van der Waals surface area contributed by atoms with Gasteiger partial charge in [0.2, 0.25) is 5.91 Å². The molecule has 0 heterocycles. The van der Waals surface area contributed by atoms with Gasteiger partial charge in [-0.25, -0.2) is 0 Å². The second kappa shape index (κ2) is 6.75. The number of rotatable bonds is 5. The van der Waals surface area contributed by atoms with E-state index in [1.165, 1.54) is 0 Å². The summed E-state index contributed by atoms with van der Waals surface area (Å²) < 4.78 is 5.16. The van der Waals surface area contributed by atoms with Crippen molar-refractivity contribution in [2.24, 2.45) is 11.8 Å². The fourth-order valence-electron chi connectivity index (χ4n) is 2.58. The summed E-state index contributed by atoms with van der Waals surface area (Å²) in [6.45, 7) is -0.0683. The summed E-state index contributed by atoms with van der Waals surface area (Å²) in [5.41, 5.74) is 0.534. The summed E-state index contributed by atoms with van der Waals surface area (Å²) >= 11 is 0. The Balaban J connectivity index is 2.02. The highest BCUT2D eigenvalue weighted by atomic mass is 16.5. The van der Waals surface area contributed by atoms with Gasteiger partial charge in [0.05, 0.1) is 11.8 Å². The Hall–Kier alpha value is -2.55. The number of carboxylic acid groups (broad SMARTS) is 1. The third-order valence-corrected chi connectivity index (χ3v) is 3.57. The zero-order valence-corrected chi connectivity index (χ0v) is 11.4. The van der Waals surface area contributed by atoms with E-state index >= 15 is 0 Å². The number of ether oxygens (including phenoxy) is 1. The summed E-state index contributed by atoms with van der Waals surface area (Å²) in [4.78, 5) is 23.3. The number of hydrogen-bond donors (Lipinski definition) is 2. The van der Waals surface area contributed by atoms with Gasteiger partial charge in [-0.3, -0.25) is 9.59 Å². The van der Waals surface area contributed by atoms with Crippen LogP contribution < -0.4 is 10.1 Å². The predicted octanol–water partition coefficient (Wildman–Crippen LogP) is 2.03. The first-order valence-corrected chi connectivity index (χ1v) is 6.75. The lowest BCUT2D eigenvalue weighted by atomic mass is 9.95. The minimum absolute atomic E-state index is 0.0683. The summed E-state index contributed by atoms with van der Waals surface area (Å²) in [5.74, 6) is -1.82. The molecule has 0 aliphatic heterocycles. The third-order valence-electron chi connectivity index (χ3n) is 3.57. The number of carbonyl (C=O) groups is 2. The predicted molar refractivity (Wildman–Crippen MR) is 74.6 cm³/mol. The first-order chi connectivity index (χ1) is 10.1. The molecule has 21 heavy (non-hydrogen) atoms. The Morgan fingerprint density at radius 3 is 2.86 bits per heavy atom. The molecule has 2 atom stereocenters. The molecule has 0 aromatic heterocycles. The van der Waals surface area contributed by atoms with Crippen LogP contribution in [0.25, 0.3) is 0 Å². The Kier molecular flexibility index (Phi) is 4.77. The number of benzene rings is 1. The summed E-state index contributed by atoms with van der Waals surface area (Å²) in [6.07, 6.45) is 1.88. The van der Waals surface area contributed by atoms with Crippen LogP contribution in [0, 0.1) is 23.2 Å². The largest absolute Gasteiger partial charge is 0.481 e. The van der Waals surface area contributed by atoms with E-state index in [2.05, 4.69) is 5.32 Å². The van der Waals surface area contributed by atoms with Crippen LogP contribution >= 0.6 is 0 Å². The number of carbonyl (C=O) groups excluding carboxylic acids is 1. The molecule has 0 radical (unpaired) electrons. The number of nitrogens with zero attached hydrogens (tertiary/aromatic N) is 1. The molecule has 1 aromatic carbocycles. The van der Waals surface area contributed by atoms with E-state index < -0.39 is 17.8 Å². The standard InChI is InChI=1S/C15H16N2O4/c16-7-8-21-11-4-1-3-10(9-11)17-14(18)12-5-2-6-13(12)15(19)20/h1,3-4,9,12-13H,2,5-6,8H2,(H,17,18)(H,19,20). The van der Waals surface area contributed by atoms with Crippen LogP contribution in [0.15, 0.2) is 24.3 Å². The fourth-order valence-corrected chi connectivity index (χ4v) is 2.58. The molecule has 2 N–H and O–H groups in total. The van der Waals surface area contributed by atoms with Crippen molar-refractivity contribution in [3.8, 4) is 11.8 Å². The Morgan fingerprint density at radius 1 is 1.38 bits per heavy atom. The first kappa shape index (κ1) is 14.9. The lowest BCUT2D eigenvalue weighted by molar-refractivity contribution is -0.145. The van der Waals surface area contributed by atoms with Gasteiger partial charge in [0, 0.05) is 11.8 Å². The molecule has 0 bridgehead atoms. The van der Waals surface area contributed by atoms with Gasteiger partial charge in [-0.05, 0) is 25.0 Å². The number of carboxylic acids is 1. The molecule has 2 unspecified atom stereocenters. The quantitative estimate of drug-likeness (QED) is 0.863. The van der Waals surface area contributed by atoms with Crippen LogP contribution in [-0.4, -0.2) is 23.6 Å². The van der Waals surface area contributed by atoms with Crippen molar-refractivity contribution in [3.63, 3.8) is 0 Å². The van der Waals surface area contributed by atoms with E-state index in [1.54, 1.807) is 24.3 Å². The van der Waals surface area contributed by atoms with E-state index in [0.29, 0.717) is 24.3 Å². The molecule has 1 saturated carbocycles. The highest BCUT2D eigenvalue weighted by Crippen LogP contribution is 2.33. The Bertz CT molecular complexity index is 579. The molecule has 0 spiro atoms. The van der Waals surface area contributed by atoms with Crippen molar-refractivity contribution < 1.29 is 19.4 Å². The minimum Gasteiger partial charge on any atom is -0.481 e. The van der Waals surface area contributed by atoms with E-state index in [0.717, 1.165) is 6.42 Å². The second-order valence-corrected chi connectivity index (χ2v) is 4.95. The van der Waals surface area contributed by atoms with Crippen LogP contribution in [0.1, 0.15) is 19.3 Å². The summed E-state index contributed by atoms with van der Waals surface area (Å²) in [6, 6.07) is 8.56. The van der Waals surface area contributed by atoms with Crippen molar-refractivity contribution in [2.45, 2.75) is 19.3 Å². The SMILES string of the molecule is N#CCOc1cccc(NC(=O)C2CCCC2C(=O)O)c1. The topological polar surface area (TPSA) is 99.4 Å². The fraction of sp³-hybridized carbons (Fsp3) is 0.400. The molecule has 1 aromatic rings.